The van der Waals surface area contributed by atoms with Gasteiger partial charge >= 0.3 is 0 Å². The molecule has 3 rings (SSSR count). The van der Waals surface area contributed by atoms with Gasteiger partial charge in [0.1, 0.15) is 12.4 Å². The lowest BCUT2D eigenvalue weighted by molar-refractivity contribution is -0.113. The van der Waals surface area contributed by atoms with Crippen LogP contribution in [-0.4, -0.2) is 35.7 Å². The maximum Gasteiger partial charge on any atom is 0.286 e. The van der Waals surface area contributed by atoms with Crippen LogP contribution in [0.25, 0.3) is 6.08 Å². The lowest BCUT2D eigenvalue weighted by atomic mass is 10.00. The average Bonchev–Trinajstić information content (AvgIpc) is 2.95. The molecular formula is C19H22N2O2S. The largest absolute Gasteiger partial charge is 0.489 e. The fourth-order valence-corrected chi connectivity index (χ4v) is 3.71. The van der Waals surface area contributed by atoms with Crippen LogP contribution in [0.3, 0.4) is 0 Å². The van der Waals surface area contributed by atoms with E-state index in [0.29, 0.717) is 11.5 Å². The molecule has 4 nitrogen and oxygen atoms in total. The van der Waals surface area contributed by atoms with Gasteiger partial charge in [-0.3, -0.25) is 4.79 Å². The summed E-state index contributed by atoms with van der Waals surface area (Å²) in [6, 6.07) is 7.69. The molecule has 1 fully saturated rings. The van der Waals surface area contributed by atoms with Crippen LogP contribution in [0.2, 0.25) is 0 Å². The molecular weight excluding hydrogens is 320 g/mol. The fourth-order valence-electron chi connectivity index (χ4n) is 2.75. The second-order valence-electron chi connectivity index (χ2n) is 6.12. The van der Waals surface area contributed by atoms with Crippen molar-refractivity contribution in [2.45, 2.75) is 19.8 Å². The number of amides is 1. The number of carbonyl (C=O) groups excluding carboxylic acids is 1. The number of likely N-dealkylation sites (tertiary alicyclic amines) is 1. The molecule has 2 aliphatic heterocycles. The number of amidine groups is 1. The van der Waals surface area contributed by atoms with Gasteiger partial charge in [-0.1, -0.05) is 37.8 Å². The molecule has 2 aliphatic rings. The molecule has 126 valence electrons. The number of hydrogen-bond donors (Lipinski definition) is 0. The van der Waals surface area contributed by atoms with Crippen molar-refractivity contribution in [1.29, 1.82) is 0 Å². The second kappa shape index (κ2) is 7.71. The molecule has 0 aliphatic carbocycles. The Balaban J connectivity index is 1.74. The van der Waals surface area contributed by atoms with Gasteiger partial charge in [-0.15, -0.1) is 0 Å². The van der Waals surface area contributed by atoms with Crippen LogP contribution in [0.5, 0.6) is 5.75 Å². The van der Waals surface area contributed by atoms with Crippen LogP contribution in [0.4, 0.5) is 0 Å². The highest BCUT2D eigenvalue weighted by atomic mass is 32.2. The number of benzene rings is 1. The molecule has 2 heterocycles. The monoisotopic (exact) mass is 342 g/mol. The van der Waals surface area contributed by atoms with Gasteiger partial charge in [0.25, 0.3) is 5.91 Å². The molecule has 0 atom stereocenters. The van der Waals surface area contributed by atoms with Gasteiger partial charge < -0.3 is 9.64 Å². The normalized spacial score (nSPS) is 20.4. The first-order valence-electron chi connectivity index (χ1n) is 8.27. The topological polar surface area (TPSA) is 41.9 Å². The predicted molar refractivity (Wildman–Crippen MR) is 100 cm³/mol. The van der Waals surface area contributed by atoms with E-state index in [1.807, 2.05) is 30.3 Å². The first-order valence-corrected chi connectivity index (χ1v) is 9.09. The van der Waals surface area contributed by atoms with Crippen LogP contribution in [0.15, 0.2) is 46.8 Å². The number of aliphatic imine (C=N–C) groups is 1. The zero-order valence-electron chi connectivity index (χ0n) is 13.9. The lowest BCUT2D eigenvalue weighted by Crippen LogP contribution is -2.35. The van der Waals surface area contributed by atoms with Gasteiger partial charge in [0.15, 0.2) is 5.17 Å². The van der Waals surface area contributed by atoms with Gasteiger partial charge in [-0.25, -0.2) is 0 Å². The smallest absolute Gasteiger partial charge is 0.286 e. The Morgan fingerprint density at radius 2 is 2.12 bits per heavy atom. The van der Waals surface area contributed by atoms with E-state index in [0.717, 1.165) is 48.3 Å². The molecule has 0 saturated carbocycles. The van der Waals surface area contributed by atoms with Crippen molar-refractivity contribution in [3.05, 3.63) is 47.4 Å². The Morgan fingerprint density at radius 3 is 2.88 bits per heavy atom. The van der Waals surface area contributed by atoms with Crippen LogP contribution in [0.1, 0.15) is 25.3 Å². The van der Waals surface area contributed by atoms with Gasteiger partial charge in [0, 0.05) is 18.7 Å². The number of piperidine rings is 1. The summed E-state index contributed by atoms with van der Waals surface area (Å²) in [4.78, 5) is 19.4. The summed E-state index contributed by atoms with van der Waals surface area (Å²) in [6.07, 6.45) is 5.89. The van der Waals surface area contributed by atoms with Gasteiger partial charge in [0.05, 0.1) is 4.91 Å². The highest BCUT2D eigenvalue weighted by Gasteiger charge is 2.28. The minimum atomic E-state index is -0.160. The maximum atomic E-state index is 12.3. The van der Waals surface area contributed by atoms with Crippen molar-refractivity contribution in [3.8, 4) is 5.75 Å². The summed E-state index contributed by atoms with van der Waals surface area (Å²) in [5.41, 5.74) is 0.888. The van der Waals surface area contributed by atoms with Crippen molar-refractivity contribution in [2.75, 3.05) is 19.7 Å². The van der Waals surface area contributed by atoms with E-state index < -0.39 is 0 Å². The average molecular weight is 342 g/mol. The van der Waals surface area contributed by atoms with Crippen molar-refractivity contribution in [3.63, 3.8) is 0 Å². The van der Waals surface area contributed by atoms with Crippen LogP contribution < -0.4 is 4.74 Å². The molecule has 24 heavy (non-hydrogen) atoms. The first-order chi connectivity index (χ1) is 11.7. The molecule has 1 aromatic carbocycles. The number of carbonyl (C=O) groups is 1. The third-order valence-corrected chi connectivity index (χ3v) is 5.27. The van der Waals surface area contributed by atoms with Crippen LogP contribution in [0, 0.1) is 5.92 Å². The molecule has 0 bridgehead atoms. The summed E-state index contributed by atoms with van der Waals surface area (Å²) in [5.74, 6) is 1.35. The van der Waals surface area contributed by atoms with E-state index in [9.17, 15) is 4.79 Å². The van der Waals surface area contributed by atoms with Gasteiger partial charge in [-0.05, 0) is 42.7 Å². The molecule has 1 amide bonds. The Morgan fingerprint density at radius 1 is 1.38 bits per heavy atom. The Kier molecular flexibility index (Phi) is 5.41. The minimum absolute atomic E-state index is 0.160. The summed E-state index contributed by atoms with van der Waals surface area (Å²) < 4.78 is 5.66. The number of para-hydroxylation sites is 1. The molecule has 0 N–H and O–H groups in total. The zero-order chi connectivity index (χ0) is 16.9. The van der Waals surface area contributed by atoms with Crippen molar-refractivity contribution < 1.29 is 9.53 Å². The Hall–Kier alpha value is -2.01. The number of nitrogens with zero attached hydrogens (tertiary/aromatic N) is 2. The van der Waals surface area contributed by atoms with Gasteiger partial charge in [0.2, 0.25) is 0 Å². The van der Waals surface area contributed by atoms with Crippen molar-refractivity contribution in [1.82, 2.24) is 4.90 Å². The third kappa shape index (κ3) is 3.90. The molecule has 1 saturated heterocycles. The maximum absolute atomic E-state index is 12.3. The summed E-state index contributed by atoms with van der Waals surface area (Å²) in [6.45, 7) is 8.34. The molecule has 5 heteroatoms. The number of rotatable bonds is 4. The SMILES string of the molecule is C=CCOc1ccccc1/C=C1/SC(N2CCC(C)CC2)=NC1=O. The highest BCUT2D eigenvalue weighted by molar-refractivity contribution is 8.18. The van der Waals surface area contributed by atoms with E-state index in [1.54, 1.807) is 6.08 Å². The Bertz CT molecular complexity index is 688. The molecule has 0 unspecified atom stereocenters. The minimum Gasteiger partial charge on any atom is -0.489 e. The standard InChI is InChI=1S/C19H22N2O2S/c1-3-12-23-16-7-5-4-6-15(16)13-17-18(22)20-19(24-17)21-10-8-14(2)9-11-21/h3-7,13-14H,1,8-12H2,2H3/b17-13+. The summed E-state index contributed by atoms with van der Waals surface area (Å²) >= 11 is 1.47. The van der Waals surface area contributed by atoms with E-state index in [1.165, 1.54) is 11.8 Å². The third-order valence-electron chi connectivity index (χ3n) is 4.23. The van der Waals surface area contributed by atoms with E-state index in [2.05, 4.69) is 23.4 Å². The van der Waals surface area contributed by atoms with E-state index in [-0.39, 0.29) is 5.91 Å². The second-order valence-corrected chi connectivity index (χ2v) is 7.13. The number of ether oxygens (including phenoxy) is 1. The quantitative estimate of drug-likeness (QED) is 0.614. The molecule has 1 aromatic rings. The molecule has 0 radical (unpaired) electrons. The number of thioether (sulfide) groups is 1. The van der Waals surface area contributed by atoms with Crippen LogP contribution in [-0.2, 0) is 4.79 Å². The lowest BCUT2D eigenvalue weighted by Gasteiger charge is -2.30. The summed E-state index contributed by atoms with van der Waals surface area (Å²) in [7, 11) is 0. The first kappa shape index (κ1) is 16.8. The molecule has 0 aromatic heterocycles. The number of hydrogen-bond acceptors (Lipinski definition) is 4. The van der Waals surface area contributed by atoms with E-state index >= 15 is 0 Å². The van der Waals surface area contributed by atoms with Gasteiger partial charge in [-0.2, -0.15) is 4.99 Å². The molecule has 0 spiro atoms. The predicted octanol–water partition coefficient (Wildman–Crippen LogP) is 3.95. The zero-order valence-corrected chi connectivity index (χ0v) is 14.7. The van der Waals surface area contributed by atoms with Crippen molar-refractivity contribution >= 4 is 28.9 Å². The fraction of sp³-hybridized carbons (Fsp3) is 0.368. The van der Waals surface area contributed by atoms with Crippen LogP contribution >= 0.6 is 11.8 Å². The Labute approximate surface area is 147 Å². The summed E-state index contributed by atoms with van der Waals surface area (Å²) in [5, 5.41) is 0.836. The van der Waals surface area contributed by atoms with E-state index in [4.69, 9.17) is 4.74 Å². The highest BCUT2D eigenvalue weighted by Crippen LogP contribution is 2.33. The van der Waals surface area contributed by atoms with Crippen molar-refractivity contribution in [2.24, 2.45) is 10.9 Å².